The van der Waals surface area contributed by atoms with Crippen molar-refractivity contribution in [3.05, 3.63) is 36.0 Å². The largest absolute Gasteiger partial charge is 0.497 e. The van der Waals surface area contributed by atoms with Crippen LogP contribution in [0.3, 0.4) is 0 Å². The number of methoxy groups -OCH3 is 2. The lowest BCUT2D eigenvalue weighted by Gasteiger charge is -2.27. The Kier molecular flexibility index (Phi) is 5.33. The number of nitrogens with zero attached hydrogens (tertiary/aromatic N) is 3. The molecule has 1 aliphatic heterocycles. The summed E-state index contributed by atoms with van der Waals surface area (Å²) in [5.74, 6) is 1.69. The zero-order chi connectivity index (χ0) is 17.6. The average Bonchev–Trinajstić information content (AvgIpc) is 2.68. The van der Waals surface area contributed by atoms with Crippen LogP contribution in [0.4, 0.5) is 11.5 Å². The molecule has 2 aromatic rings. The van der Waals surface area contributed by atoms with Gasteiger partial charge in [-0.15, -0.1) is 10.2 Å². The van der Waals surface area contributed by atoms with Crippen LogP contribution in [-0.4, -0.2) is 43.4 Å². The Morgan fingerprint density at radius 1 is 1.00 bits per heavy atom. The van der Waals surface area contributed by atoms with Crippen molar-refractivity contribution in [2.75, 3.05) is 37.5 Å². The van der Waals surface area contributed by atoms with Crippen LogP contribution >= 0.6 is 0 Å². The molecule has 1 aromatic heterocycles. The fourth-order valence-electron chi connectivity index (χ4n) is 2.81. The Bertz CT molecular complexity index is 705. The molecule has 132 valence electrons. The zero-order valence-corrected chi connectivity index (χ0v) is 14.5. The second kappa shape index (κ2) is 7.83. The van der Waals surface area contributed by atoms with E-state index < -0.39 is 0 Å². The number of piperidine rings is 1. The lowest BCUT2D eigenvalue weighted by Crippen LogP contribution is -2.30. The number of rotatable bonds is 5. The fourth-order valence-corrected chi connectivity index (χ4v) is 2.81. The second-order valence-electron chi connectivity index (χ2n) is 5.88. The number of carbonyl (C=O) groups is 1. The summed E-state index contributed by atoms with van der Waals surface area (Å²) in [5.41, 5.74) is 0.839. The molecule has 0 radical (unpaired) electrons. The van der Waals surface area contributed by atoms with Crippen LogP contribution in [0.25, 0.3) is 0 Å². The van der Waals surface area contributed by atoms with Crippen molar-refractivity contribution in [3.63, 3.8) is 0 Å². The van der Waals surface area contributed by atoms with Crippen LogP contribution in [-0.2, 0) is 0 Å². The van der Waals surface area contributed by atoms with Gasteiger partial charge in [-0.2, -0.15) is 0 Å². The van der Waals surface area contributed by atoms with Crippen molar-refractivity contribution in [3.8, 4) is 11.5 Å². The van der Waals surface area contributed by atoms with Crippen LogP contribution in [0.2, 0.25) is 0 Å². The average molecular weight is 342 g/mol. The van der Waals surface area contributed by atoms with Gasteiger partial charge < -0.3 is 19.7 Å². The van der Waals surface area contributed by atoms with Crippen LogP contribution in [0.15, 0.2) is 30.3 Å². The normalized spacial score (nSPS) is 14.1. The molecule has 7 heteroatoms. The molecule has 2 heterocycles. The molecular weight excluding hydrogens is 320 g/mol. The van der Waals surface area contributed by atoms with E-state index in [2.05, 4.69) is 20.4 Å². The first-order valence-electron chi connectivity index (χ1n) is 8.32. The lowest BCUT2D eigenvalue weighted by molar-refractivity contribution is 0.102. The number of benzene rings is 1. The van der Waals surface area contributed by atoms with Gasteiger partial charge in [0.1, 0.15) is 11.5 Å². The van der Waals surface area contributed by atoms with E-state index >= 15 is 0 Å². The maximum Gasteiger partial charge on any atom is 0.276 e. The van der Waals surface area contributed by atoms with E-state index in [0.29, 0.717) is 17.2 Å². The summed E-state index contributed by atoms with van der Waals surface area (Å²) < 4.78 is 10.4. The first-order valence-corrected chi connectivity index (χ1v) is 8.32. The molecule has 1 aliphatic rings. The standard InChI is InChI=1S/C18H22N4O3/c1-24-14-10-13(11-15(12-14)25-2)19-18(23)16-6-7-17(21-20-16)22-8-4-3-5-9-22/h6-7,10-12H,3-5,8-9H2,1-2H3,(H,19,23). The Labute approximate surface area is 147 Å². The monoisotopic (exact) mass is 342 g/mol. The van der Waals surface area contributed by atoms with E-state index in [1.807, 2.05) is 6.07 Å². The maximum absolute atomic E-state index is 12.4. The van der Waals surface area contributed by atoms with Crippen molar-refractivity contribution in [1.29, 1.82) is 0 Å². The molecule has 1 fully saturated rings. The van der Waals surface area contributed by atoms with Gasteiger partial charge in [-0.3, -0.25) is 4.79 Å². The molecule has 0 saturated carbocycles. The summed E-state index contributed by atoms with van der Waals surface area (Å²) in [4.78, 5) is 14.6. The van der Waals surface area contributed by atoms with Gasteiger partial charge >= 0.3 is 0 Å². The minimum atomic E-state index is -0.326. The van der Waals surface area contributed by atoms with E-state index in [9.17, 15) is 4.79 Å². The zero-order valence-electron chi connectivity index (χ0n) is 14.5. The van der Waals surface area contributed by atoms with Crippen molar-refractivity contribution < 1.29 is 14.3 Å². The number of aromatic nitrogens is 2. The summed E-state index contributed by atoms with van der Waals surface area (Å²) in [6.07, 6.45) is 3.59. The van der Waals surface area contributed by atoms with Gasteiger partial charge in [0.2, 0.25) is 0 Å². The number of nitrogens with one attached hydrogen (secondary N) is 1. The van der Waals surface area contributed by atoms with Crippen molar-refractivity contribution in [1.82, 2.24) is 10.2 Å². The first-order chi connectivity index (χ1) is 12.2. The molecule has 1 aromatic carbocycles. The SMILES string of the molecule is COc1cc(NC(=O)c2ccc(N3CCCCC3)nn2)cc(OC)c1. The fraction of sp³-hybridized carbons (Fsp3) is 0.389. The molecule has 25 heavy (non-hydrogen) atoms. The molecule has 0 spiro atoms. The van der Waals surface area contributed by atoms with E-state index in [1.54, 1.807) is 38.5 Å². The van der Waals surface area contributed by atoms with Gasteiger partial charge in [-0.1, -0.05) is 0 Å². The van der Waals surface area contributed by atoms with Crippen molar-refractivity contribution in [2.45, 2.75) is 19.3 Å². The predicted octanol–water partition coefficient (Wildman–Crippen LogP) is 2.74. The van der Waals surface area contributed by atoms with Crippen LogP contribution < -0.4 is 19.7 Å². The Morgan fingerprint density at radius 3 is 2.24 bits per heavy atom. The number of amides is 1. The van der Waals surface area contributed by atoms with Crippen LogP contribution in [0, 0.1) is 0 Å². The number of carbonyl (C=O) groups excluding carboxylic acids is 1. The third-order valence-electron chi connectivity index (χ3n) is 4.17. The molecule has 1 amide bonds. The topological polar surface area (TPSA) is 76.6 Å². The van der Waals surface area contributed by atoms with E-state index in [-0.39, 0.29) is 11.6 Å². The second-order valence-corrected chi connectivity index (χ2v) is 5.88. The number of ether oxygens (including phenoxy) is 2. The van der Waals surface area contributed by atoms with E-state index in [1.165, 1.54) is 19.3 Å². The summed E-state index contributed by atoms with van der Waals surface area (Å²) in [6, 6.07) is 8.72. The maximum atomic E-state index is 12.4. The van der Waals surface area contributed by atoms with Gasteiger partial charge in [0, 0.05) is 37.0 Å². The molecular formula is C18H22N4O3. The summed E-state index contributed by atoms with van der Waals surface area (Å²) in [5, 5.41) is 11.1. The van der Waals surface area contributed by atoms with Gasteiger partial charge in [0.05, 0.1) is 14.2 Å². The van der Waals surface area contributed by atoms with E-state index in [0.717, 1.165) is 18.9 Å². The Balaban J connectivity index is 1.70. The quantitative estimate of drug-likeness (QED) is 0.900. The highest BCUT2D eigenvalue weighted by atomic mass is 16.5. The van der Waals surface area contributed by atoms with Gasteiger partial charge in [-0.05, 0) is 31.4 Å². The van der Waals surface area contributed by atoms with Crippen molar-refractivity contribution >= 4 is 17.4 Å². The number of hydrogen-bond acceptors (Lipinski definition) is 6. The molecule has 1 N–H and O–H groups in total. The molecule has 3 rings (SSSR count). The van der Waals surface area contributed by atoms with Gasteiger partial charge in [0.15, 0.2) is 11.5 Å². The molecule has 0 unspecified atom stereocenters. The molecule has 0 bridgehead atoms. The first kappa shape index (κ1) is 17.0. The lowest BCUT2D eigenvalue weighted by atomic mass is 10.1. The third-order valence-corrected chi connectivity index (χ3v) is 4.17. The summed E-state index contributed by atoms with van der Waals surface area (Å²) in [7, 11) is 3.12. The highest BCUT2D eigenvalue weighted by Crippen LogP contribution is 2.26. The minimum Gasteiger partial charge on any atom is -0.497 e. The van der Waals surface area contributed by atoms with Crippen LogP contribution in [0.5, 0.6) is 11.5 Å². The number of anilines is 2. The van der Waals surface area contributed by atoms with Crippen LogP contribution in [0.1, 0.15) is 29.8 Å². The summed E-state index contributed by atoms with van der Waals surface area (Å²) >= 11 is 0. The van der Waals surface area contributed by atoms with Gasteiger partial charge in [-0.25, -0.2) is 0 Å². The highest BCUT2D eigenvalue weighted by Gasteiger charge is 2.15. The van der Waals surface area contributed by atoms with E-state index in [4.69, 9.17) is 9.47 Å². The molecule has 7 nitrogen and oxygen atoms in total. The third kappa shape index (κ3) is 4.17. The Morgan fingerprint density at radius 2 is 1.68 bits per heavy atom. The smallest absolute Gasteiger partial charge is 0.276 e. The minimum absolute atomic E-state index is 0.266. The van der Waals surface area contributed by atoms with Crippen molar-refractivity contribution in [2.24, 2.45) is 0 Å². The Hall–Kier alpha value is -2.83. The molecule has 0 aliphatic carbocycles. The number of hydrogen-bond donors (Lipinski definition) is 1. The molecule has 0 atom stereocenters. The summed E-state index contributed by atoms with van der Waals surface area (Å²) in [6.45, 7) is 1.98. The van der Waals surface area contributed by atoms with Gasteiger partial charge in [0.25, 0.3) is 5.91 Å². The predicted molar refractivity (Wildman–Crippen MR) is 95.6 cm³/mol. The molecule has 1 saturated heterocycles. The highest BCUT2D eigenvalue weighted by molar-refractivity contribution is 6.03.